The summed E-state index contributed by atoms with van der Waals surface area (Å²) in [5.41, 5.74) is 3.75. The van der Waals surface area contributed by atoms with Crippen LogP contribution in [0.2, 0.25) is 0 Å². The van der Waals surface area contributed by atoms with Gasteiger partial charge in [0.25, 0.3) is 0 Å². The third-order valence-corrected chi connectivity index (χ3v) is 10.0. The molecule has 1 aromatic rings. The van der Waals surface area contributed by atoms with E-state index in [1.54, 1.807) is 13.0 Å². The van der Waals surface area contributed by atoms with E-state index >= 15 is 0 Å². The molecule has 49 heavy (non-hydrogen) atoms. The van der Waals surface area contributed by atoms with Crippen LogP contribution in [0.5, 0.6) is 0 Å². The van der Waals surface area contributed by atoms with Gasteiger partial charge in [-0.2, -0.15) is 0 Å². The average molecular weight is 678 g/mol. The highest BCUT2D eigenvalue weighted by atomic mass is 16.2. The molecule has 2 saturated carbocycles. The van der Waals surface area contributed by atoms with Gasteiger partial charge in [0.05, 0.1) is 5.57 Å². The lowest BCUT2D eigenvalue weighted by molar-refractivity contribution is -0.125. The number of amides is 1. The van der Waals surface area contributed by atoms with Crippen molar-refractivity contribution in [2.75, 3.05) is 6.54 Å². The third-order valence-electron chi connectivity index (χ3n) is 10.0. The second kappa shape index (κ2) is 27.5. The molecule has 0 spiro atoms. The first-order chi connectivity index (χ1) is 23.6. The van der Waals surface area contributed by atoms with E-state index < -0.39 is 5.92 Å². The zero-order chi connectivity index (χ0) is 37.2. The average Bonchev–Trinajstić information content (AvgIpc) is 3.77. The Morgan fingerprint density at radius 2 is 1.51 bits per heavy atom. The number of rotatable bonds is 12. The van der Waals surface area contributed by atoms with Gasteiger partial charge in [0.15, 0.2) is 11.6 Å². The summed E-state index contributed by atoms with van der Waals surface area (Å²) in [6.45, 7) is 20.9. The lowest BCUT2D eigenvalue weighted by Gasteiger charge is -2.23. The molecule has 0 aromatic heterocycles. The number of allylic oxidation sites excluding steroid dienone is 2. The highest BCUT2D eigenvalue weighted by Crippen LogP contribution is 2.35. The molecule has 6 nitrogen and oxygen atoms in total. The van der Waals surface area contributed by atoms with Crippen molar-refractivity contribution in [3.8, 4) is 0 Å². The molecular weight excluding hydrogens is 610 g/mol. The molecule has 3 aliphatic rings. The van der Waals surface area contributed by atoms with Crippen LogP contribution in [0, 0.1) is 43.4 Å². The van der Waals surface area contributed by atoms with E-state index in [4.69, 9.17) is 0 Å². The molecule has 0 radical (unpaired) electrons. The molecule has 274 valence electrons. The second-order valence-electron chi connectivity index (χ2n) is 13.3. The van der Waals surface area contributed by atoms with Crippen molar-refractivity contribution in [1.29, 1.82) is 0 Å². The Balaban J connectivity index is 0.000000745. The van der Waals surface area contributed by atoms with Crippen molar-refractivity contribution in [3.05, 3.63) is 59.7 Å². The Hall–Kier alpha value is -3.37. The number of benzene rings is 1. The van der Waals surface area contributed by atoms with E-state index in [-0.39, 0.29) is 35.4 Å². The Bertz CT molecular complexity index is 1170. The van der Waals surface area contributed by atoms with Crippen LogP contribution in [-0.2, 0) is 24.0 Å². The van der Waals surface area contributed by atoms with Gasteiger partial charge in [-0.1, -0.05) is 116 Å². The molecule has 0 bridgehead atoms. The molecule has 1 amide bonds. The number of carbonyl (C=O) groups excluding carboxylic acids is 5. The van der Waals surface area contributed by atoms with Crippen LogP contribution in [0.4, 0.5) is 0 Å². The largest absolute Gasteiger partial charge is 0.356 e. The third kappa shape index (κ3) is 17.2. The van der Waals surface area contributed by atoms with Crippen molar-refractivity contribution >= 4 is 35.8 Å². The Labute approximate surface area is 298 Å². The molecule has 1 N–H and O–H groups in total. The van der Waals surface area contributed by atoms with Gasteiger partial charge in [-0.15, -0.1) is 13.2 Å². The summed E-state index contributed by atoms with van der Waals surface area (Å²) in [5.74, 6) is 3.30. The number of nitrogens with one attached hydrogen (secondary N) is 1. The van der Waals surface area contributed by atoms with Gasteiger partial charge >= 0.3 is 0 Å². The van der Waals surface area contributed by atoms with Gasteiger partial charge in [-0.25, -0.2) is 4.79 Å². The molecule has 3 fully saturated rings. The number of aryl methyl sites for hydroxylation is 2. The van der Waals surface area contributed by atoms with Crippen LogP contribution in [0.15, 0.2) is 43.0 Å². The first-order valence-corrected chi connectivity index (χ1v) is 18.9. The highest BCUT2D eigenvalue weighted by Gasteiger charge is 2.32. The quantitative estimate of drug-likeness (QED) is 0.103. The van der Waals surface area contributed by atoms with E-state index in [0.717, 1.165) is 43.1 Å². The van der Waals surface area contributed by atoms with Gasteiger partial charge in [0.1, 0.15) is 12.2 Å². The smallest absolute Gasteiger partial charge is 0.223 e. The molecule has 4 rings (SSSR count). The number of ketones is 2. The highest BCUT2D eigenvalue weighted by molar-refractivity contribution is 6.04. The van der Waals surface area contributed by atoms with Crippen molar-refractivity contribution < 1.29 is 24.0 Å². The molecule has 6 heteroatoms. The van der Waals surface area contributed by atoms with Crippen LogP contribution >= 0.6 is 0 Å². The monoisotopic (exact) mass is 678 g/mol. The lowest BCUT2D eigenvalue weighted by Crippen LogP contribution is -2.26. The summed E-state index contributed by atoms with van der Waals surface area (Å²) in [6.07, 6.45) is 18.7. The van der Waals surface area contributed by atoms with Crippen LogP contribution in [0.3, 0.4) is 0 Å². The minimum Gasteiger partial charge on any atom is -0.356 e. The van der Waals surface area contributed by atoms with Gasteiger partial charge < -0.3 is 10.1 Å². The fourth-order valence-electron chi connectivity index (χ4n) is 7.24. The van der Waals surface area contributed by atoms with Crippen molar-refractivity contribution in [3.63, 3.8) is 0 Å². The van der Waals surface area contributed by atoms with Crippen LogP contribution in [0.25, 0.3) is 6.08 Å². The first-order valence-electron chi connectivity index (χ1n) is 18.9. The van der Waals surface area contributed by atoms with Crippen molar-refractivity contribution in [1.82, 2.24) is 5.32 Å². The normalized spacial score (nSPS) is 20.3. The molecule has 4 unspecified atom stereocenters. The topological polar surface area (TPSA) is 97.4 Å². The molecule has 2 aliphatic carbocycles. The number of carbonyl (C=O) groups is 4. The lowest BCUT2D eigenvalue weighted by atomic mass is 9.80. The van der Waals surface area contributed by atoms with Crippen LogP contribution in [0.1, 0.15) is 141 Å². The maximum Gasteiger partial charge on any atom is 0.223 e. The fourth-order valence-corrected chi connectivity index (χ4v) is 7.24. The van der Waals surface area contributed by atoms with Gasteiger partial charge in [0, 0.05) is 24.8 Å². The molecule has 4 atom stereocenters. The number of hydrogen-bond donors (Lipinski definition) is 1. The maximum atomic E-state index is 12.6. The molecular formula is C43H67NO5. The predicted octanol–water partition coefficient (Wildman–Crippen LogP) is 9.97. The Morgan fingerprint density at radius 3 is 1.96 bits per heavy atom. The summed E-state index contributed by atoms with van der Waals surface area (Å²) < 4.78 is 0. The predicted molar refractivity (Wildman–Crippen MR) is 205 cm³/mol. The Kier molecular flexibility index (Phi) is 25.6. The van der Waals surface area contributed by atoms with E-state index in [0.29, 0.717) is 38.0 Å². The minimum absolute atomic E-state index is 0.0578. The Morgan fingerprint density at radius 1 is 0.939 bits per heavy atom. The number of aldehydes is 1. The van der Waals surface area contributed by atoms with E-state index in [9.17, 15) is 24.0 Å². The van der Waals surface area contributed by atoms with Gasteiger partial charge in [0.2, 0.25) is 5.91 Å². The summed E-state index contributed by atoms with van der Waals surface area (Å²) in [4.78, 5) is 57.3. The van der Waals surface area contributed by atoms with Gasteiger partial charge in [-0.05, 0) is 80.6 Å². The minimum atomic E-state index is -0.568. The van der Waals surface area contributed by atoms with Crippen LogP contribution < -0.4 is 5.32 Å². The van der Waals surface area contributed by atoms with Crippen molar-refractivity contribution in [2.24, 2.45) is 29.6 Å². The summed E-state index contributed by atoms with van der Waals surface area (Å²) in [5, 5.41) is 2.74. The molecule has 1 aliphatic heterocycles. The SMILES string of the molecule is C=C.CC.CC(=O)/C=C/c1c(C)cccc1C.CCC1CCCC1CC.O=C=C(CC1CCCCC1)C(=O)C(CC=O)CC1CCNC1=O. The fraction of sp³-hybridized carbons (Fsp3) is 0.628. The van der Waals surface area contributed by atoms with E-state index in [1.807, 2.05) is 57.9 Å². The standard InChI is InChI=1S/C18H25NO4.C12H14O.C9H18.C2H6.C2H4/c20-9-7-14(11-15-6-8-19-18(15)23)17(22)16(12-21)10-13-4-2-1-3-5-13;1-9-5-4-6-10(2)12(9)8-7-11(3)13;1-3-8-6-5-7-9(8)4-2;2*1-2/h9,13-15H,1-8,10-11H2,(H,19,23);4-8H,1-3H3;8-9H,3-7H2,1-2H3;1-2H3;1-2H2/b;8-7+;;;. The summed E-state index contributed by atoms with van der Waals surface area (Å²) >= 11 is 0. The van der Waals surface area contributed by atoms with Crippen LogP contribution in [-0.4, -0.2) is 36.2 Å². The number of hydrogen-bond acceptors (Lipinski definition) is 5. The number of Topliss-reactive ketones (excluding diaryl/α,β-unsaturated/α-hetero) is 1. The maximum absolute atomic E-state index is 12.6. The van der Waals surface area contributed by atoms with E-state index in [1.165, 1.54) is 49.7 Å². The zero-order valence-electron chi connectivity index (χ0n) is 31.9. The molecule has 1 aromatic carbocycles. The molecule has 1 saturated heterocycles. The second-order valence-corrected chi connectivity index (χ2v) is 13.3. The first kappa shape index (κ1) is 45.6. The zero-order valence-corrected chi connectivity index (χ0v) is 31.9. The van der Waals surface area contributed by atoms with Gasteiger partial charge in [-0.3, -0.25) is 14.4 Å². The molecule has 1 heterocycles. The van der Waals surface area contributed by atoms with Crippen molar-refractivity contribution in [2.45, 2.75) is 138 Å². The summed E-state index contributed by atoms with van der Waals surface area (Å²) in [6, 6.07) is 6.12. The van der Waals surface area contributed by atoms with E-state index in [2.05, 4.69) is 32.3 Å². The summed E-state index contributed by atoms with van der Waals surface area (Å²) in [7, 11) is 0.